The Bertz CT molecular complexity index is 1300. The number of likely N-dealkylation sites (N-methyl/N-ethyl adjacent to an activating group) is 1. The van der Waals surface area contributed by atoms with E-state index in [1.54, 1.807) is 0 Å². The van der Waals surface area contributed by atoms with Crippen LogP contribution in [0.15, 0.2) is 42.9 Å². The lowest BCUT2D eigenvalue weighted by molar-refractivity contribution is -0.0384. The second-order valence-corrected chi connectivity index (χ2v) is 9.89. The number of hydrogen-bond donors (Lipinski definition) is 1. The van der Waals surface area contributed by atoms with Gasteiger partial charge in [-0.2, -0.15) is 0 Å². The molecule has 1 aliphatic carbocycles. The number of alkyl halides is 2. The molecule has 200 valence electrons. The van der Waals surface area contributed by atoms with Crippen LogP contribution < -0.4 is 10.2 Å². The summed E-state index contributed by atoms with van der Waals surface area (Å²) in [5.74, 6) is -4.52. The number of carbonyl (C=O) groups is 1. The van der Waals surface area contributed by atoms with E-state index in [0.29, 0.717) is 11.6 Å². The second-order valence-electron chi connectivity index (χ2n) is 9.89. The van der Waals surface area contributed by atoms with E-state index in [1.165, 1.54) is 24.7 Å². The monoisotopic (exact) mass is 528 g/mol. The van der Waals surface area contributed by atoms with Gasteiger partial charge in [-0.15, -0.1) is 0 Å². The van der Waals surface area contributed by atoms with Crippen molar-refractivity contribution < 1.29 is 22.4 Å². The van der Waals surface area contributed by atoms with Crippen LogP contribution in [0.2, 0.25) is 0 Å². The van der Waals surface area contributed by atoms with Gasteiger partial charge in [-0.25, -0.2) is 27.5 Å². The third-order valence-electron chi connectivity index (χ3n) is 7.23. The first-order valence-electron chi connectivity index (χ1n) is 12.6. The molecule has 0 spiro atoms. The maximum absolute atomic E-state index is 14.8. The van der Waals surface area contributed by atoms with E-state index in [1.807, 2.05) is 11.9 Å². The number of carbonyl (C=O) groups excluding carboxylic acids is 1. The van der Waals surface area contributed by atoms with Crippen molar-refractivity contribution in [3.05, 3.63) is 65.7 Å². The standard InChI is InChI=1S/C27H28F4N6O/c1-36-10-12-37(13-11-36)26-33-15-18(16-34-26)25(38)35-24-20(21-14-19(28)2-3-22(21)29)6-9-32-23(24)17-4-7-27(30,31)8-5-17/h2-3,6,9,14-17H,4-5,7-8,10-13H2,1H3,(H,35,38). The normalized spacial score (nSPS) is 18.4. The largest absolute Gasteiger partial charge is 0.338 e. The van der Waals surface area contributed by atoms with Gasteiger partial charge in [0.1, 0.15) is 11.6 Å². The molecule has 3 aromatic rings. The number of aromatic nitrogens is 3. The predicted molar refractivity (Wildman–Crippen MR) is 135 cm³/mol. The Morgan fingerprint density at radius 3 is 2.34 bits per heavy atom. The summed E-state index contributed by atoms with van der Waals surface area (Å²) < 4.78 is 56.6. The topological polar surface area (TPSA) is 74.2 Å². The van der Waals surface area contributed by atoms with Crippen molar-refractivity contribution in [2.75, 3.05) is 43.4 Å². The minimum Gasteiger partial charge on any atom is -0.338 e. The Labute approximate surface area is 217 Å². The van der Waals surface area contributed by atoms with Crippen LogP contribution in [0.5, 0.6) is 0 Å². The predicted octanol–water partition coefficient (Wildman–Crippen LogP) is 5.11. The van der Waals surface area contributed by atoms with Crippen molar-refractivity contribution in [3.63, 3.8) is 0 Å². The first-order valence-corrected chi connectivity index (χ1v) is 12.6. The third-order valence-corrected chi connectivity index (χ3v) is 7.23. The zero-order valence-electron chi connectivity index (χ0n) is 20.9. The number of nitrogens with zero attached hydrogens (tertiary/aromatic N) is 5. The highest BCUT2D eigenvalue weighted by atomic mass is 19.3. The molecule has 7 nitrogen and oxygen atoms in total. The number of benzene rings is 1. The number of piperazine rings is 1. The van der Waals surface area contributed by atoms with Crippen LogP contribution in [0.4, 0.5) is 29.2 Å². The number of amides is 1. The second kappa shape index (κ2) is 10.6. The van der Waals surface area contributed by atoms with Crippen LogP contribution in [-0.2, 0) is 0 Å². The maximum atomic E-state index is 14.8. The average Bonchev–Trinajstić information content (AvgIpc) is 2.91. The van der Waals surface area contributed by atoms with Crippen molar-refractivity contribution in [1.82, 2.24) is 19.9 Å². The van der Waals surface area contributed by atoms with Crippen molar-refractivity contribution >= 4 is 17.5 Å². The quantitative estimate of drug-likeness (QED) is 0.464. The van der Waals surface area contributed by atoms with Crippen molar-refractivity contribution in [2.45, 2.75) is 37.5 Å². The zero-order valence-corrected chi connectivity index (χ0v) is 20.9. The summed E-state index contributed by atoms with van der Waals surface area (Å²) in [6.45, 7) is 3.29. The fraction of sp³-hybridized carbons (Fsp3) is 0.407. The van der Waals surface area contributed by atoms with Crippen LogP contribution in [-0.4, -0.2) is 64.9 Å². The molecule has 0 atom stereocenters. The molecule has 0 radical (unpaired) electrons. The molecule has 3 heterocycles. The van der Waals surface area contributed by atoms with Gasteiger partial charge in [0, 0.05) is 74.7 Å². The van der Waals surface area contributed by atoms with Gasteiger partial charge in [-0.05, 0) is 44.2 Å². The van der Waals surface area contributed by atoms with Crippen molar-refractivity contribution in [3.8, 4) is 11.1 Å². The summed E-state index contributed by atoms with van der Waals surface area (Å²) in [4.78, 5) is 30.6. The summed E-state index contributed by atoms with van der Waals surface area (Å²) in [5, 5.41) is 2.79. The molecule has 1 saturated carbocycles. The molecule has 5 rings (SSSR count). The van der Waals surface area contributed by atoms with Gasteiger partial charge in [0.05, 0.1) is 16.9 Å². The van der Waals surface area contributed by atoms with Crippen LogP contribution in [0.3, 0.4) is 0 Å². The molecule has 1 N–H and O–H groups in total. The van der Waals surface area contributed by atoms with E-state index in [9.17, 15) is 22.4 Å². The number of rotatable bonds is 5. The van der Waals surface area contributed by atoms with Crippen LogP contribution >= 0.6 is 0 Å². The van der Waals surface area contributed by atoms with Crippen LogP contribution in [0.25, 0.3) is 11.1 Å². The van der Waals surface area contributed by atoms with E-state index in [4.69, 9.17) is 0 Å². The first-order chi connectivity index (χ1) is 18.2. The van der Waals surface area contributed by atoms with Gasteiger partial charge >= 0.3 is 0 Å². The summed E-state index contributed by atoms with van der Waals surface area (Å²) in [7, 11) is 2.04. The molecule has 0 bridgehead atoms. The van der Waals surface area contributed by atoms with E-state index < -0.39 is 23.5 Å². The lowest BCUT2D eigenvalue weighted by atomic mass is 9.83. The Morgan fingerprint density at radius 1 is 0.974 bits per heavy atom. The zero-order chi connectivity index (χ0) is 26.9. The van der Waals surface area contributed by atoms with Crippen molar-refractivity contribution in [2.24, 2.45) is 0 Å². The number of nitrogens with one attached hydrogen (secondary N) is 1. The molecule has 11 heteroatoms. The average molecular weight is 529 g/mol. The molecule has 2 fully saturated rings. The molecule has 1 amide bonds. The lowest BCUT2D eigenvalue weighted by Gasteiger charge is -2.32. The fourth-order valence-electron chi connectivity index (χ4n) is 4.95. The molecule has 2 aromatic heterocycles. The van der Waals surface area contributed by atoms with Gasteiger partial charge in [-0.3, -0.25) is 9.78 Å². The molecule has 1 saturated heterocycles. The van der Waals surface area contributed by atoms with Gasteiger partial charge in [0.25, 0.3) is 5.91 Å². The lowest BCUT2D eigenvalue weighted by Crippen LogP contribution is -2.45. The van der Waals surface area contributed by atoms with Gasteiger partial charge < -0.3 is 15.1 Å². The molecule has 0 unspecified atom stereocenters. The highest BCUT2D eigenvalue weighted by molar-refractivity contribution is 6.06. The molecule has 1 aliphatic heterocycles. The maximum Gasteiger partial charge on any atom is 0.258 e. The van der Waals surface area contributed by atoms with E-state index in [-0.39, 0.29) is 54.0 Å². The highest BCUT2D eigenvalue weighted by Gasteiger charge is 2.37. The summed E-state index contributed by atoms with van der Waals surface area (Å²) in [5.41, 5.74) is 0.850. The van der Waals surface area contributed by atoms with E-state index in [0.717, 1.165) is 44.4 Å². The number of pyridine rings is 1. The Kier molecular flexibility index (Phi) is 7.29. The van der Waals surface area contributed by atoms with Gasteiger partial charge in [0.15, 0.2) is 0 Å². The first kappa shape index (κ1) is 26.0. The highest BCUT2D eigenvalue weighted by Crippen LogP contribution is 2.44. The summed E-state index contributed by atoms with van der Waals surface area (Å²) in [6, 6.07) is 4.51. The fourth-order valence-corrected chi connectivity index (χ4v) is 4.95. The summed E-state index contributed by atoms with van der Waals surface area (Å²) >= 11 is 0. The minimum atomic E-state index is -2.75. The van der Waals surface area contributed by atoms with Crippen LogP contribution in [0, 0.1) is 11.6 Å². The Morgan fingerprint density at radius 2 is 1.66 bits per heavy atom. The SMILES string of the molecule is CN1CCN(c2ncc(C(=O)Nc3c(-c4cc(F)ccc4F)ccnc3C3CCC(F)(F)CC3)cn2)CC1. The van der Waals surface area contributed by atoms with Gasteiger partial charge in [0.2, 0.25) is 11.9 Å². The minimum absolute atomic E-state index is 0.0632. The molecule has 1 aromatic carbocycles. The van der Waals surface area contributed by atoms with Crippen LogP contribution in [0.1, 0.15) is 47.7 Å². The molecular formula is C27H28F4N6O. The smallest absolute Gasteiger partial charge is 0.258 e. The number of halogens is 4. The van der Waals surface area contributed by atoms with E-state index in [2.05, 4.69) is 25.2 Å². The molecule has 2 aliphatic rings. The Hall–Kier alpha value is -3.60. The molecular weight excluding hydrogens is 500 g/mol. The number of hydrogen-bond acceptors (Lipinski definition) is 6. The summed E-state index contributed by atoms with van der Waals surface area (Å²) in [6.07, 6.45) is 3.93. The molecule has 38 heavy (non-hydrogen) atoms. The third kappa shape index (κ3) is 5.62. The van der Waals surface area contributed by atoms with Gasteiger partial charge in [-0.1, -0.05) is 0 Å². The Balaban J connectivity index is 1.46. The number of anilines is 2. The van der Waals surface area contributed by atoms with Crippen molar-refractivity contribution in [1.29, 1.82) is 0 Å². The van der Waals surface area contributed by atoms with E-state index >= 15 is 0 Å².